The fourth-order valence-corrected chi connectivity index (χ4v) is 0.848. The molecule has 0 unspecified atom stereocenters. The number of esters is 1. The third-order valence-corrected chi connectivity index (χ3v) is 1.86. The number of hydrogen-bond acceptors (Lipinski definition) is 3. The largest absolute Gasteiger partial charge is 0.468 e. The summed E-state index contributed by atoms with van der Waals surface area (Å²) in [5, 5.41) is 0. The van der Waals surface area contributed by atoms with Crippen LogP contribution in [0.15, 0.2) is 0 Å². The summed E-state index contributed by atoms with van der Waals surface area (Å²) in [6.07, 6.45) is 1.76. The zero-order chi connectivity index (χ0) is 8.85. The summed E-state index contributed by atoms with van der Waals surface area (Å²) in [5.41, 5.74) is 5.53. The van der Waals surface area contributed by atoms with Crippen LogP contribution in [-0.4, -0.2) is 19.1 Å². The second-order valence-electron chi connectivity index (χ2n) is 2.88. The van der Waals surface area contributed by atoms with Gasteiger partial charge in [-0.3, -0.25) is 4.79 Å². The average Bonchev–Trinajstić information content (AvgIpc) is 2.02. The van der Waals surface area contributed by atoms with Gasteiger partial charge in [0.25, 0.3) is 0 Å². The molecule has 0 aromatic carbocycles. The van der Waals surface area contributed by atoms with Crippen LogP contribution in [0, 0.1) is 5.92 Å². The highest BCUT2D eigenvalue weighted by Gasteiger charge is 2.15. The third kappa shape index (κ3) is 3.98. The van der Waals surface area contributed by atoms with E-state index in [4.69, 9.17) is 5.73 Å². The van der Waals surface area contributed by atoms with Gasteiger partial charge in [-0.05, 0) is 12.3 Å². The molecule has 0 aliphatic carbocycles. The van der Waals surface area contributed by atoms with E-state index < -0.39 is 6.04 Å². The Hall–Kier alpha value is -0.570. The first kappa shape index (κ1) is 10.4. The SMILES string of the molecule is CC[C@@H](C)C[C@H](N)C(=O)OC. The van der Waals surface area contributed by atoms with Gasteiger partial charge in [-0.2, -0.15) is 0 Å². The maximum atomic E-state index is 10.8. The minimum Gasteiger partial charge on any atom is -0.468 e. The molecule has 0 saturated heterocycles. The van der Waals surface area contributed by atoms with Crippen molar-refractivity contribution in [3.63, 3.8) is 0 Å². The molecule has 0 radical (unpaired) electrons. The molecular weight excluding hydrogens is 142 g/mol. The van der Waals surface area contributed by atoms with Crippen LogP contribution >= 0.6 is 0 Å². The standard InChI is InChI=1S/C8H17NO2/c1-4-6(2)5-7(9)8(10)11-3/h6-7H,4-5,9H2,1-3H3/t6-,7+/m1/s1. The lowest BCUT2D eigenvalue weighted by Gasteiger charge is -2.12. The summed E-state index contributed by atoms with van der Waals surface area (Å²) in [5.74, 6) is 0.175. The predicted octanol–water partition coefficient (Wildman–Crippen LogP) is 0.923. The van der Waals surface area contributed by atoms with Gasteiger partial charge in [0.1, 0.15) is 6.04 Å². The van der Waals surface area contributed by atoms with Gasteiger partial charge < -0.3 is 10.5 Å². The van der Waals surface area contributed by atoms with Gasteiger partial charge in [0.2, 0.25) is 0 Å². The molecule has 0 amide bonds. The van der Waals surface area contributed by atoms with Crippen LogP contribution < -0.4 is 5.73 Å². The van der Waals surface area contributed by atoms with Gasteiger partial charge in [0.15, 0.2) is 0 Å². The van der Waals surface area contributed by atoms with E-state index >= 15 is 0 Å². The van der Waals surface area contributed by atoms with Crippen LogP contribution in [-0.2, 0) is 9.53 Å². The number of rotatable bonds is 4. The number of hydrogen-bond donors (Lipinski definition) is 1. The summed E-state index contributed by atoms with van der Waals surface area (Å²) < 4.78 is 4.49. The Morgan fingerprint density at radius 3 is 2.55 bits per heavy atom. The lowest BCUT2D eigenvalue weighted by atomic mass is 10.0. The Morgan fingerprint density at radius 2 is 2.18 bits per heavy atom. The molecule has 3 nitrogen and oxygen atoms in total. The van der Waals surface area contributed by atoms with E-state index in [1.165, 1.54) is 7.11 Å². The molecule has 0 spiro atoms. The molecule has 0 aliphatic heterocycles. The lowest BCUT2D eigenvalue weighted by molar-refractivity contribution is -0.142. The number of ether oxygens (including phenoxy) is 1. The molecule has 66 valence electrons. The molecule has 11 heavy (non-hydrogen) atoms. The molecule has 0 fully saturated rings. The Morgan fingerprint density at radius 1 is 1.64 bits per heavy atom. The number of nitrogens with two attached hydrogens (primary N) is 1. The molecule has 0 rings (SSSR count). The smallest absolute Gasteiger partial charge is 0.322 e. The molecule has 0 aromatic rings. The van der Waals surface area contributed by atoms with E-state index in [2.05, 4.69) is 18.6 Å². The molecule has 2 N–H and O–H groups in total. The van der Waals surface area contributed by atoms with Crippen molar-refractivity contribution in [2.45, 2.75) is 32.7 Å². The zero-order valence-corrected chi connectivity index (χ0v) is 7.46. The minimum atomic E-state index is -0.449. The molecule has 0 aliphatic rings. The maximum Gasteiger partial charge on any atom is 0.322 e. The van der Waals surface area contributed by atoms with E-state index in [0.717, 1.165) is 6.42 Å². The summed E-state index contributed by atoms with van der Waals surface area (Å²) in [7, 11) is 1.36. The molecule has 0 aromatic heterocycles. The van der Waals surface area contributed by atoms with Crippen LogP contribution in [0.1, 0.15) is 26.7 Å². The molecule has 2 atom stereocenters. The highest BCUT2D eigenvalue weighted by molar-refractivity contribution is 5.75. The highest BCUT2D eigenvalue weighted by atomic mass is 16.5. The van der Waals surface area contributed by atoms with E-state index in [1.807, 2.05) is 0 Å². The van der Waals surface area contributed by atoms with E-state index in [1.54, 1.807) is 0 Å². The summed E-state index contributed by atoms with van der Waals surface area (Å²) >= 11 is 0. The molecular formula is C8H17NO2. The van der Waals surface area contributed by atoms with Crippen molar-refractivity contribution in [1.29, 1.82) is 0 Å². The Bertz CT molecular complexity index is 125. The van der Waals surface area contributed by atoms with Gasteiger partial charge >= 0.3 is 5.97 Å². The second-order valence-corrected chi connectivity index (χ2v) is 2.88. The van der Waals surface area contributed by atoms with Crippen molar-refractivity contribution >= 4 is 5.97 Å². The fourth-order valence-electron chi connectivity index (χ4n) is 0.848. The average molecular weight is 159 g/mol. The van der Waals surface area contributed by atoms with Gasteiger partial charge in [-0.25, -0.2) is 0 Å². The van der Waals surface area contributed by atoms with Crippen molar-refractivity contribution in [2.75, 3.05) is 7.11 Å². The van der Waals surface area contributed by atoms with Gasteiger partial charge in [-0.1, -0.05) is 20.3 Å². The van der Waals surface area contributed by atoms with E-state index in [0.29, 0.717) is 12.3 Å². The van der Waals surface area contributed by atoms with Crippen LogP contribution in [0.5, 0.6) is 0 Å². The van der Waals surface area contributed by atoms with Gasteiger partial charge in [0, 0.05) is 0 Å². The van der Waals surface area contributed by atoms with Crippen LogP contribution in [0.25, 0.3) is 0 Å². The second kappa shape index (κ2) is 5.13. The Kier molecular flexibility index (Phi) is 4.86. The van der Waals surface area contributed by atoms with Crippen LogP contribution in [0.4, 0.5) is 0 Å². The number of methoxy groups -OCH3 is 1. The van der Waals surface area contributed by atoms with E-state index in [-0.39, 0.29) is 5.97 Å². The van der Waals surface area contributed by atoms with Crippen molar-refractivity contribution in [3.05, 3.63) is 0 Å². The molecule has 0 saturated carbocycles. The van der Waals surface area contributed by atoms with Crippen LogP contribution in [0.3, 0.4) is 0 Å². The fraction of sp³-hybridized carbons (Fsp3) is 0.875. The van der Waals surface area contributed by atoms with Crippen molar-refractivity contribution in [2.24, 2.45) is 11.7 Å². The van der Waals surface area contributed by atoms with Crippen molar-refractivity contribution < 1.29 is 9.53 Å². The normalized spacial score (nSPS) is 15.6. The van der Waals surface area contributed by atoms with Crippen LogP contribution in [0.2, 0.25) is 0 Å². The maximum absolute atomic E-state index is 10.8. The first-order valence-corrected chi connectivity index (χ1v) is 3.95. The van der Waals surface area contributed by atoms with Crippen molar-refractivity contribution in [1.82, 2.24) is 0 Å². The molecule has 0 bridgehead atoms. The quantitative estimate of drug-likeness (QED) is 0.621. The first-order chi connectivity index (χ1) is 5.11. The predicted molar refractivity (Wildman–Crippen MR) is 44.1 cm³/mol. The van der Waals surface area contributed by atoms with Crippen molar-refractivity contribution in [3.8, 4) is 0 Å². The highest BCUT2D eigenvalue weighted by Crippen LogP contribution is 2.08. The Balaban J connectivity index is 3.67. The minimum absolute atomic E-state index is 0.315. The topological polar surface area (TPSA) is 52.3 Å². The number of carbonyl (C=O) groups is 1. The first-order valence-electron chi connectivity index (χ1n) is 3.95. The number of carbonyl (C=O) groups excluding carboxylic acids is 1. The molecule has 3 heteroatoms. The Labute approximate surface area is 67.9 Å². The summed E-state index contributed by atoms with van der Waals surface area (Å²) in [6.45, 7) is 4.15. The van der Waals surface area contributed by atoms with Gasteiger partial charge in [-0.15, -0.1) is 0 Å². The summed E-state index contributed by atoms with van der Waals surface area (Å²) in [4.78, 5) is 10.8. The molecule has 0 heterocycles. The zero-order valence-electron chi connectivity index (χ0n) is 7.46. The van der Waals surface area contributed by atoms with Gasteiger partial charge in [0.05, 0.1) is 7.11 Å². The lowest BCUT2D eigenvalue weighted by Crippen LogP contribution is -2.33. The monoisotopic (exact) mass is 159 g/mol. The van der Waals surface area contributed by atoms with E-state index in [9.17, 15) is 4.79 Å². The summed E-state index contributed by atoms with van der Waals surface area (Å²) in [6, 6.07) is -0.449. The third-order valence-electron chi connectivity index (χ3n) is 1.86.